The first-order valence-corrected chi connectivity index (χ1v) is 9.66. The monoisotopic (exact) mass is 346 g/mol. The van der Waals surface area contributed by atoms with Crippen LogP contribution >= 0.6 is 0 Å². The minimum Gasteiger partial charge on any atom is -0.493 e. The second-order valence-electron chi connectivity index (χ2n) is 7.63. The van der Waals surface area contributed by atoms with Crippen molar-refractivity contribution in [2.24, 2.45) is 11.8 Å². The van der Waals surface area contributed by atoms with Gasteiger partial charge in [0, 0.05) is 25.6 Å². The molecule has 1 fully saturated rings. The Kier molecular flexibility index (Phi) is 7.76. The van der Waals surface area contributed by atoms with Crippen molar-refractivity contribution in [1.29, 1.82) is 0 Å². The Bertz CT molecular complexity index is 537. The van der Waals surface area contributed by atoms with E-state index in [-0.39, 0.29) is 11.8 Å². The summed E-state index contributed by atoms with van der Waals surface area (Å²) < 4.78 is 6.01. The molecule has 0 saturated carbocycles. The molecule has 0 spiro atoms. The molecule has 140 valence electrons. The van der Waals surface area contributed by atoms with Gasteiger partial charge in [-0.05, 0) is 56.7 Å². The number of hydrogen-bond donors (Lipinski definition) is 1. The molecule has 1 saturated heterocycles. The molecule has 4 heteroatoms. The maximum absolute atomic E-state index is 11.7. The van der Waals surface area contributed by atoms with E-state index in [1.807, 2.05) is 13.8 Å². The van der Waals surface area contributed by atoms with Crippen LogP contribution in [-0.2, 0) is 4.79 Å². The van der Waals surface area contributed by atoms with E-state index in [1.54, 1.807) is 0 Å². The molecule has 1 aromatic rings. The van der Waals surface area contributed by atoms with Gasteiger partial charge in [-0.3, -0.25) is 4.79 Å². The minimum atomic E-state index is 0.0711. The van der Waals surface area contributed by atoms with Crippen molar-refractivity contribution in [3.05, 3.63) is 29.3 Å². The zero-order valence-corrected chi connectivity index (χ0v) is 16.3. The number of amides is 1. The molecule has 1 atom stereocenters. The van der Waals surface area contributed by atoms with Gasteiger partial charge < -0.3 is 15.0 Å². The van der Waals surface area contributed by atoms with E-state index in [4.69, 9.17) is 4.74 Å². The van der Waals surface area contributed by atoms with E-state index in [0.29, 0.717) is 5.92 Å². The highest BCUT2D eigenvalue weighted by Crippen LogP contribution is 2.22. The Morgan fingerprint density at radius 3 is 2.72 bits per heavy atom. The molecular weight excluding hydrogens is 312 g/mol. The number of para-hydroxylation sites is 1. The first kappa shape index (κ1) is 19.8. The van der Waals surface area contributed by atoms with Crippen LogP contribution in [0.1, 0.15) is 44.2 Å². The lowest BCUT2D eigenvalue weighted by Crippen LogP contribution is -2.42. The molecular formula is C21H34N2O2. The van der Waals surface area contributed by atoms with Crippen LogP contribution in [0.25, 0.3) is 0 Å². The van der Waals surface area contributed by atoms with E-state index in [0.717, 1.165) is 45.0 Å². The smallest absolute Gasteiger partial charge is 0.222 e. The molecule has 0 aliphatic carbocycles. The van der Waals surface area contributed by atoms with Gasteiger partial charge in [0.15, 0.2) is 0 Å². The van der Waals surface area contributed by atoms with E-state index in [9.17, 15) is 4.79 Å². The quantitative estimate of drug-likeness (QED) is 0.732. The Labute approximate surface area is 152 Å². The number of likely N-dealkylation sites (tertiary alicyclic amines) is 1. The van der Waals surface area contributed by atoms with Crippen molar-refractivity contribution >= 4 is 5.91 Å². The molecule has 0 aromatic heterocycles. The van der Waals surface area contributed by atoms with Crippen molar-refractivity contribution in [3.8, 4) is 5.75 Å². The number of nitrogens with one attached hydrogen (secondary N) is 1. The number of ether oxygens (including phenoxy) is 1. The van der Waals surface area contributed by atoms with Crippen molar-refractivity contribution < 1.29 is 9.53 Å². The predicted molar refractivity (Wildman–Crippen MR) is 103 cm³/mol. The van der Waals surface area contributed by atoms with Crippen LogP contribution in [-0.4, -0.2) is 43.6 Å². The van der Waals surface area contributed by atoms with Crippen molar-refractivity contribution in [2.45, 2.75) is 47.0 Å². The summed E-state index contributed by atoms with van der Waals surface area (Å²) >= 11 is 0. The fourth-order valence-electron chi connectivity index (χ4n) is 3.46. The number of aryl methyl sites for hydroxylation is 2. The van der Waals surface area contributed by atoms with Gasteiger partial charge >= 0.3 is 0 Å². The maximum atomic E-state index is 11.7. The number of hydrogen-bond acceptors (Lipinski definition) is 3. The summed E-state index contributed by atoms with van der Waals surface area (Å²) in [7, 11) is 0. The largest absolute Gasteiger partial charge is 0.493 e. The van der Waals surface area contributed by atoms with Crippen LogP contribution in [0.4, 0.5) is 0 Å². The third kappa shape index (κ3) is 6.35. The van der Waals surface area contributed by atoms with Gasteiger partial charge in [-0.25, -0.2) is 0 Å². The van der Waals surface area contributed by atoms with Crippen molar-refractivity contribution in [3.63, 3.8) is 0 Å². The van der Waals surface area contributed by atoms with Crippen LogP contribution in [0.2, 0.25) is 0 Å². The molecule has 1 heterocycles. The lowest BCUT2D eigenvalue weighted by Gasteiger charge is -2.33. The molecule has 0 radical (unpaired) electrons. The van der Waals surface area contributed by atoms with Crippen molar-refractivity contribution in [2.75, 3.05) is 32.8 Å². The normalized spacial score (nSPS) is 18.4. The summed E-state index contributed by atoms with van der Waals surface area (Å²) in [5, 5.41) is 3.08. The number of benzene rings is 1. The molecule has 1 amide bonds. The summed E-state index contributed by atoms with van der Waals surface area (Å²) in [5.74, 6) is 1.85. The molecule has 1 aromatic carbocycles. The molecule has 1 N–H and O–H groups in total. The first-order valence-electron chi connectivity index (χ1n) is 9.66. The second-order valence-corrected chi connectivity index (χ2v) is 7.63. The fraction of sp³-hybridized carbons (Fsp3) is 0.667. The summed E-state index contributed by atoms with van der Waals surface area (Å²) in [6.45, 7) is 13.0. The Hall–Kier alpha value is -1.55. The zero-order chi connectivity index (χ0) is 18.2. The molecule has 4 nitrogen and oxygen atoms in total. The van der Waals surface area contributed by atoms with Crippen LogP contribution < -0.4 is 10.1 Å². The average molecular weight is 347 g/mol. The molecule has 0 bridgehead atoms. The minimum absolute atomic E-state index is 0.0711. The van der Waals surface area contributed by atoms with Gasteiger partial charge in [-0.15, -0.1) is 0 Å². The highest BCUT2D eigenvalue weighted by Gasteiger charge is 2.20. The molecule has 1 unspecified atom stereocenters. The average Bonchev–Trinajstić information content (AvgIpc) is 2.59. The maximum Gasteiger partial charge on any atom is 0.222 e. The molecule has 1 aliphatic heterocycles. The number of carbonyl (C=O) groups excluding carboxylic acids is 1. The summed E-state index contributed by atoms with van der Waals surface area (Å²) in [5.41, 5.74) is 2.41. The van der Waals surface area contributed by atoms with Crippen LogP contribution in [0, 0.1) is 25.7 Å². The summed E-state index contributed by atoms with van der Waals surface area (Å²) in [6.07, 6.45) is 3.48. The number of piperidine rings is 1. The van der Waals surface area contributed by atoms with Gasteiger partial charge in [0.2, 0.25) is 5.91 Å². The lowest BCUT2D eigenvalue weighted by atomic mass is 9.97. The van der Waals surface area contributed by atoms with Crippen LogP contribution in [0.15, 0.2) is 18.2 Å². The first-order chi connectivity index (χ1) is 12.0. The third-order valence-corrected chi connectivity index (χ3v) is 4.97. The zero-order valence-electron chi connectivity index (χ0n) is 16.3. The van der Waals surface area contributed by atoms with Crippen LogP contribution in [0.3, 0.4) is 0 Å². The standard InChI is InChI=1S/C21H34N2O2/c1-16(2)21(24)22-14-19-10-6-11-23(15-19)12-7-13-25-20-17(3)8-5-9-18(20)4/h5,8-9,16,19H,6-7,10-15H2,1-4H3,(H,22,24). The third-order valence-electron chi connectivity index (χ3n) is 4.97. The fourth-order valence-corrected chi connectivity index (χ4v) is 3.46. The van der Waals surface area contributed by atoms with E-state index >= 15 is 0 Å². The Morgan fingerprint density at radius 1 is 1.32 bits per heavy atom. The van der Waals surface area contributed by atoms with Gasteiger partial charge in [0.05, 0.1) is 6.61 Å². The number of rotatable bonds is 8. The summed E-state index contributed by atoms with van der Waals surface area (Å²) in [6, 6.07) is 6.27. The topological polar surface area (TPSA) is 41.6 Å². The van der Waals surface area contributed by atoms with Gasteiger partial charge in [-0.2, -0.15) is 0 Å². The van der Waals surface area contributed by atoms with E-state index < -0.39 is 0 Å². The molecule has 2 rings (SSSR count). The highest BCUT2D eigenvalue weighted by atomic mass is 16.5. The number of nitrogens with zero attached hydrogens (tertiary/aromatic N) is 1. The number of carbonyl (C=O) groups is 1. The summed E-state index contributed by atoms with van der Waals surface area (Å²) in [4.78, 5) is 14.2. The molecule has 1 aliphatic rings. The SMILES string of the molecule is Cc1cccc(C)c1OCCCN1CCCC(CNC(=O)C(C)C)C1. The van der Waals surface area contributed by atoms with E-state index in [1.165, 1.54) is 24.0 Å². The Morgan fingerprint density at radius 2 is 2.04 bits per heavy atom. The molecule has 25 heavy (non-hydrogen) atoms. The van der Waals surface area contributed by atoms with Crippen molar-refractivity contribution in [1.82, 2.24) is 10.2 Å². The predicted octanol–water partition coefficient (Wildman–Crippen LogP) is 3.56. The highest BCUT2D eigenvalue weighted by molar-refractivity contribution is 5.77. The van der Waals surface area contributed by atoms with E-state index in [2.05, 4.69) is 42.3 Å². The van der Waals surface area contributed by atoms with Crippen LogP contribution in [0.5, 0.6) is 5.75 Å². The van der Waals surface area contributed by atoms with Gasteiger partial charge in [-0.1, -0.05) is 32.0 Å². The van der Waals surface area contributed by atoms with Gasteiger partial charge in [0.25, 0.3) is 0 Å². The Balaban J connectivity index is 1.68. The van der Waals surface area contributed by atoms with Gasteiger partial charge in [0.1, 0.15) is 5.75 Å². The second kappa shape index (κ2) is 9.81. The lowest BCUT2D eigenvalue weighted by molar-refractivity contribution is -0.124.